The number of benzene rings is 5. The average molecular weight is 916 g/mol. The maximum Gasteiger partial charge on any atom is 0.303 e. The average Bonchev–Trinajstić information content (AvgIpc) is 3.60. The van der Waals surface area contributed by atoms with Crippen LogP contribution < -0.4 is 0 Å². The van der Waals surface area contributed by atoms with Gasteiger partial charge in [-0.2, -0.15) is 0 Å². The second-order valence-corrected chi connectivity index (χ2v) is 17.8. The molecule has 66 heavy (non-hydrogen) atoms. The van der Waals surface area contributed by atoms with Gasteiger partial charge in [0.2, 0.25) is 0 Å². The first-order valence-corrected chi connectivity index (χ1v) is 23.4. The van der Waals surface area contributed by atoms with E-state index >= 15 is 0 Å². The van der Waals surface area contributed by atoms with Gasteiger partial charge in [0.25, 0.3) is 11.8 Å². The Morgan fingerprint density at radius 3 is 1.77 bits per heavy atom. The molecule has 0 N–H and O–H groups in total. The molecule has 11 unspecified atom stereocenters. The van der Waals surface area contributed by atoms with E-state index in [0.717, 1.165) is 22.3 Å². The molecule has 0 aromatic heterocycles. The molecule has 13 nitrogen and oxygen atoms in total. The van der Waals surface area contributed by atoms with Gasteiger partial charge in [0.15, 0.2) is 18.7 Å². The van der Waals surface area contributed by atoms with Gasteiger partial charge >= 0.3 is 5.97 Å². The number of rotatable bonds is 17. The van der Waals surface area contributed by atoms with Crippen LogP contribution in [-0.2, 0) is 67.2 Å². The minimum atomic E-state index is -1.37. The van der Waals surface area contributed by atoms with E-state index in [4.69, 9.17) is 42.6 Å². The summed E-state index contributed by atoms with van der Waals surface area (Å²) in [5.41, 5.74) is 3.26. The molecule has 2 amide bonds. The number of carbonyl (C=O) groups excluding carboxylic acids is 3. The minimum absolute atomic E-state index is 0.0304. The topological polar surface area (TPSA) is 138 Å². The van der Waals surface area contributed by atoms with Gasteiger partial charge in [-0.15, -0.1) is 11.8 Å². The van der Waals surface area contributed by atoms with Gasteiger partial charge in [-0.3, -0.25) is 19.3 Å². The van der Waals surface area contributed by atoms with Crippen molar-refractivity contribution in [3.05, 3.63) is 179 Å². The van der Waals surface area contributed by atoms with Crippen LogP contribution in [0.5, 0.6) is 0 Å². The Morgan fingerprint density at radius 2 is 1.20 bits per heavy atom. The maximum absolute atomic E-state index is 14.5. The van der Waals surface area contributed by atoms with Crippen molar-refractivity contribution in [2.45, 2.75) is 100 Å². The van der Waals surface area contributed by atoms with Crippen molar-refractivity contribution in [2.75, 3.05) is 19.0 Å². The summed E-state index contributed by atoms with van der Waals surface area (Å²) in [6.07, 6.45) is -8.86. The molecule has 0 spiro atoms. The van der Waals surface area contributed by atoms with Crippen LogP contribution in [0.2, 0.25) is 0 Å². The molecule has 344 valence electrons. The van der Waals surface area contributed by atoms with Gasteiger partial charge in [-0.1, -0.05) is 140 Å². The van der Waals surface area contributed by atoms with Gasteiger partial charge in [-0.25, -0.2) is 0 Å². The van der Waals surface area contributed by atoms with Gasteiger partial charge in [-0.05, 0) is 34.6 Å². The first kappa shape index (κ1) is 45.9. The molecule has 9 rings (SSSR count). The number of esters is 1. The molecule has 0 radical (unpaired) electrons. The lowest BCUT2D eigenvalue weighted by Crippen LogP contribution is -2.69. The Morgan fingerprint density at radius 1 is 0.652 bits per heavy atom. The summed E-state index contributed by atoms with van der Waals surface area (Å²) in [5.74, 6) is -1.01. The predicted octanol–water partition coefficient (Wildman–Crippen LogP) is 7.67. The Kier molecular flexibility index (Phi) is 15.0. The van der Waals surface area contributed by atoms with Crippen molar-refractivity contribution in [3.63, 3.8) is 0 Å². The summed E-state index contributed by atoms with van der Waals surface area (Å²) < 4.78 is 60.3. The molecule has 0 aliphatic carbocycles. The minimum Gasteiger partial charge on any atom is -0.454 e. The molecular weight excluding hydrogens is 863 g/mol. The summed E-state index contributed by atoms with van der Waals surface area (Å²) in [4.78, 5) is 43.5. The lowest BCUT2D eigenvalue weighted by molar-refractivity contribution is -0.365. The van der Waals surface area contributed by atoms with Crippen molar-refractivity contribution >= 4 is 29.5 Å². The van der Waals surface area contributed by atoms with Crippen LogP contribution in [0.4, 0.5) is 0 Å². The van der Waals surface area contributed by atoms with Gasteiger partial charge < -0.3 is 42.6 Å². The second kappa shape index (κ2) is 21.6. The molecule has 4 aliphatic rings. The number of fused-ring (bicyclic) bond motifs is 2. The highest BCUT2D eigenvalue weighted by atomic mass is 32.2. The van der Waals surface area contributed by atoms with E-state index in [-0.39, 0.29) is 44.2 Å². The highest BCUT2D eigenvalue weighted by Gasteiger charge is 2.59. The van der Waals surface area contributed by atoms with E-state index in [0.29, 0.717) is 5.75 Å². The number of hydrogen-bond donors (Lipinski definition) is 0. The fourth-order valence-corrected chi connectivity index (χ4v) is 9.96. The van der Waals surface area contributed by atoms with E-state index in [1.165, 1.54) is 23.6 Å². The zero-order valence-electron chi connectivity index (χ0n) is 36.7. The summed E-state index contributed by atoms with van der Waals surface area (Å²) in [6, 6.07) is 44.3. The van der Waals surface area contributed by atoms with Crippen LogP contribution in [0.25, 0.3) is 0 Å². The van der Waals surface area contributed by atoms with Gasteiger partial charge in [0.05, 0.1) is 44.2 Å². The maximum atomic E-state index is 14.5. The first-order chi connectivity index (χ1) is 32.4. The normalized spacial score (nSPS) is 28.4. The largest absolute Gasteiger partial charge is 0.454 e. The number of carbonyl (C=O) groups is 3. The Bertz CT molecular complexity index is 2340. The van der Waals surface area contributed by atoms with E-state index < -0.39 is 84.6 Å². The molecule has 5 aromatic rings. The van der Waals surface area contributed by atoms with Crippen LogP contribution in [0.1, 0.15) is 63.1 Å². The fourth-order valence-electron chi connectivity index (χ4n) is 8.93. The van der Waals surface area contributed by atoms with Crippen molar-refractivity contribution in [1.82, 2.24) is 4.90 Å². The van der Waals surface area contributed by atoms with Crippen LogP contribution >= 0.6 is 11.8 Å². The van der Waals surface area contributed by atoms with Crippen molar-refractivity contribution in [2.24, 2.45) is 0 Å². The lowest BCUT2D eigenvalue weighted by Gasteiger charge is -2.53. The zero-order valence-corrected chi connectivity index (χ0v) is 37.5. The number of hydrogen-bond acceptors (Lipinski definition) is 13. The summed E-state index contributed by atoms with van der Waals surface area (Å²) in [5, 5.41) is 0. The second-order valence-electron chi connectivity index (χ2n) is 16.4. The van der Waals surface area contributed by atoms with E-state index in [9.17, 15) is 14.4 Å². The van der Waals surface area contributed by atoms with Crippen LogP contribution in [0, 0.1) is 0 Å². The Labute approximate surface area is 388 Å². The molecule has 11 atom stereocenters. The molecule has 5 aromatic carbocycles. The standard InChI is InChI=1S/C52H53NO12S/c1-3-66-52-42(53-48(55)38-26-16-17-27-39(38)49(53)56)45(44-41(63-52)32-60-50(64-44)37-24-14-7-15-25-37)65-51-47(61-33(2)54)46(59-30-36-22-12-6-13-23-36)43(58-29-35-20-10-5-11-21-35)40(62-51)31-57-28-34-18-8-4-9-19-34/h4-27,40-47,50-52H,3,28-32H2,1-2H3. The van der Waals surface area contributed by atoms with Gasteiger partial charge in [0.1, 0.15) is 48.1 Å². The van der Waals surface area contributed by atoms with Crippen LogP contribution in [-0.4, -0.2) is 102 Å². The van der Waals surface area contributed by atoms with Gasteiger partial charge in [0, 0.05) is 12.5 Å². The number of thioether (sulfide) groups is 1. The Balaban J connectivity index is 1.12. The molecule has 4 heterocycles. The lowest BCUT2D eigenvalue weighted by atomic mass is 9.94. The third-order valence-electron chi connectivity index (χ3n) is 12.0. The molecule has 0 saturated carbocycles. The highest BCUT2D eigenvalue weighted by molar-refractivity contribution is 7.99. The van der Waals surface area contributed by atoms with E-state index in [1.807, 2.05) is 128 Å². The number of nitrogens with zero attached hydrogens (tertiary/aromatic N) is 1. The fraction of sp³-hybridized carbons (Fsp3) is 0.365. The third-order valence-corrected chi connectivity index (χ3v) is 13.0. The number of imide groups is 1. The first-order valence-electron chi connectivity index (χ1n) is 22.3. The molecule has 3 fully saturated rings. The summed E-state index contributed by atoms with van der Waals surface area (Å²) in [7, 11) is 0. The van der Waals surface area contributed by atoms with Crippen LogP contribution in [0.15, 0.2) is 146 Å². The zero-order chi connectivity index (χ0) is 45.4. The molecule has 14 heteroatoms. The monoisotopic (exact) mass is 915 g/mol. The molecule has 4 aliphatic heterocycles. The smallest absolute Gasteiger partial charge is 0.303 e. The molecule has 0 bridgehead atoms. The van der Waals surface area contributed by atoms with Crippen molar-refractivity contribution < 1.29 is 57.0 Å². The summed E-state index contributed by atoms with van der Waals surface area (Å²) in [6.45, 7) is 4.02. The SMILES string of the molecule is CCSC1OC2COC(c3ccccc3)OC2C(OC2OC(COCc3ccccc3)C(OCc3ccccc3)C(OCc3ccccc3)C2OC(C)=O)C1N1C(=O)c2ccccc2C1=O. The van der Waals surface area contributed by atoms with E-state index in [1.54, 1.807) is 24.3 Å². The predicted molar refractivity (Wildman–Crippen MR) is 243 cm³/mol. The Hall–Kier alpha value is -5.26. The third kappa shape index (κ3) is 10.3. The van der Waals surface area contributed by atoms with E-state index in [2.05, 4.69) is 0 Å². The molecular formula is C52H53NO12S. The van der Waals surface area contributed by atoms with Crippen molar-refractivity contribution in [1.29, 1.82) is 0 Å². The number of ether oxygens (including phenoxy) is 9. The number of amides is 2. The van der Waals surface area contributed by atoms with Crippen LogP contribution in [0.3, 0.4) is 0 Å². The quantitative estimate of drug-likeness (QED) is 0.0667. The van der Waals surface area contributed by atoms with Crippen molar-refractivity contribution in [3.8, 4) is 0 Å². The molecule has 3 saturated heterocycles. The summed E-state index contributed by atoms with van der Waals surface area (Å²) >= 11 is 1.43. The highest BCUT2D eigenvalue weighted by Crippen LogP contribution is 2.44.